The van der Waals surface area contributed by atoms with Gasteiger partial charge >= 0.3 is 0 Å². The second-order valence-electron chi connectivity index (χ2n) is 10.7. The van der Waals surface area contributed by atoms with E-state index in [1.54, 1.807) is 12.3 Å². The van der Waals surface area contributed by atoms with Crippen LogP contribution in [0.25, 0.3) is 0 Å². The number of halogens is 2. The summed E-state index contributed by atoms with van der Waals surface area (Å²) in [6.45, 7) is 1.96. The summed E-state index contributed by atoms with van der Waals surface area (Å²) in [5, 5.41) is 5.04. The van der Waals surface area contributed by atoms with Crippen LogP contribution in [0, 0.1) is 18.8 Å². The molecule has 2 atom stereocenters. The van der Waals surface area contributed by atoms with Gasteiger partial charge < -0.3 is 0 Å². The number of amides is 3. The van der Waals surface area contributed by atoms with E-state index in [-0.39, 0.29) is 28.3 Å². The van der Waals surface area contributed by atoms with Crippen LogP contribution in [0.5, 0.6) is 0 Å². The summed E-state index contributed by atoms with van der Waals surface area (Å²) >= 11 is 12.3. The van der Waals surface area contributed by atoms with Crippen LogP contribution >= 0.6 is 23.2 Å². The number of nitrogens with zero attached hydrogens (tertiary/aromatic N) is 2. The minimum Gasteiger partial charge on any atom is -0.274 e. The average molecular weight is 580 g/mol. The van der Waals surface area contributed by atoms with Crippen molar-refractivity contribution >= 4 is 52.8 Å². The van der Waals surface area contributed by atoms with Gasteiger partial charge in [-0.05, 0) is 59.5 Å². The predicted octanol–water partition coefficient (Wildman–Crippen LogP) is 6.27. The van der Waals surface area contributed by atoms with Gasteiger partial charge in [0.05, 0.1) is 33.5 Å². The van der Waals surface area contributed by atoms with Gasteiger partial charge in [-0.2, -0.15) is 5.10 Å². The number of hydrazone groups is 1. The van der Waals surface area contributed by atoms with Crippen LogP contribution in [0.2, 0.25) is 10.0 Å². The number of anilines is 1. The number of carbonyl (C=O) groups excluding carboxylic acids is 3. The van der Waals surface area contributed by atoms with Crippen molar-refractivity contribution in [2.24, 2.45) is 16.9 Å². The first-order chi connectivity index (χ1) is 19.8. The highest BCUT2D eigenvalue weighted by atomic mass is 35.5. The first-order valence-corrected chi connectivity index (χ1v) is 14.0. The Bertz CT molecular complexity index is 1750. The van der Waals surface area contributed by atoms with E-state index in [1.165, 1.54) is 17.0 Å². The zero-order chi connectivity index (χ0) is 28.5. The number of hydrogen-bond acceptors (Lipinski definition) is 4. The Kier molecular flexibility index (Phi) is 5.89. The fraction of sp³-hybridized carbons (Fsp3) is 0.152. The highest BCUT2D eigenvalue weighted by molar-refractivity contribution is 6.36. The molecule has 1 saturated heterocycles. The lowest BCUT2D eigenvalue weighted by Gasteiger charge is -2.52. The highest BCUT2D eigenvalue weighted by Crippen LogP contribution is 2.63. The number of carbonyl (C=O) groups is 3. The van der Waals surface area contributed by atoms with Crippen LogP contribution < -0.4 is 10.3 Å². The van der Waals surface area contributed by atoms with Gasteiger partial charge in [0.15, 0.2) is 0 Å². The van der Waals surface area contributed by atoms with Gasteiger partial charge in [0.1, 0.15) is 0 Å². The van der Waals surface area contributed by atoms with Crippen LogP contribution in [-0.4, -0.2) is 23.9 Å². The van der Waals surface area contributed by atoms with E-state index in [4.69, 9.17) is 23.2 Å². The number of nitrogens with one attached hydrogen (secondary N) is 1. The lowest BCUT2D eigenvalue weighted by molar-refractivity contribution is -0.122. The Morgan fingerprint density at radius 1 is 0.878 bits per heavy atom. The molecule has 1 N–H and O–H groups in total. The number of imide groups is 1. The number of aryl methyl sites for hydroxylation is 1. The van der Waals surface area contributed by atoms with E-state index in [2.05, 4.69) is 10.5 Å². The molecule has 41 heavy (non-hydrogen) atoms. The Morgan fingerprint density at radius 3 is 2.15 bits per heavy atom. The van der Waals surface area contributed by atoms with Crippen LogP contribution in [0.15, 0.2) is 96.1 Å². The van der Waals surface area contributed by atoms with Crippen LogP contribution in [-0.2, 0) is 15.0 Å². The van der Waals surface area contributed by atoms with Crippen molar-refractivity contribution in [2.45, 2.75) is 18.3 Å². The molecule has 0 unspecified atom stereocenters. The third kappa shape index (κ3) is 3.64. The zero-order valence-corrected chi connectivity index (χ0v) is 23.4. The van der Waals surface area contributed by atoms with Gasteiger partial charge in [0, 0.05) is 17.2 Å². The molecule has 0 aromatic heterocycles. The van der Waals surface area contributed by atoms with E-state index in [0.29, 0.717) is 10.7 Å². The van der Waals surface area contributed by atoms with Gasteiger partial charge in [0.25, 0.3) is 5.91 Å². The molecule has 1 heterocycles. The van der Waals surface area contributed by atoms with E-state index in [9.17, 15) is 14.4 Å². The van der Waals surface area contributed by atoms with Gasteiger partial charge in [-0.3, -0.25) is 14.4 Å². The van der Waals surface area contributed by atoms with Gasteiger partial charge in [-0.1, -0.05) is 89.4 Å². The fourth-order valence-corrected chi connectivity index (χ4v) is 7.42. The number of benzene rings is 4. The molecule has 3 amide bonds. The fourth-order valence-electron chi connectivity index (χ4n) is 6.92. The summed E-state index contributed by atoms with van der Waals surface area (Å²) in [5.41, 5.74) is 7.07. The van der Waals surface area contributed by atoms with Crippen molar-refractivity contribution in [2.75, 3.05) is 4.90 Å². The maximum absolute atomic E-state index is 14.4. The average Bonchev–Trinajstić information content (AvgIpc) is 3.24. The molecule has 4 aromatic rings. The van der Waals surface area contributed by atoms with Crippen LogP contribution in [0.3, 0.4) is 0 Å². The highest BCUT2D eigenvalue weighted by Gasteiger charge is 2.68. The van der Waals surface area contributed by atoms with Crippen molar-refractivity contribution in [1.29, 1.82) is 0 Å². The molecule has 8 heteroatoms. The molecule has 8 rings (SSSR count). The Labute approximate surface area is 246 Å². The molecule has 4 aliphatic rings. The third-order valence-electron chi connectivity index (χ3n) is 8.59. The quantitative estimate of drug-likeness (QED) is 0.176. The van der Waals surface area contributed by atoms with Crippen molar-refractivity contribution < 1.29 is 14.4 Å². The molecular formula is C33H23Cl2N3O3. The Morgan fingerprint density at radius 2 is 1.51 bits per heavy atom. The monoisotopic (exact) mass is 579 g/mol. The summed E-state index contributed by atoms with van der Waals surface area (Å²) in [7, 11) is 0. The van der Waals surface area contributed by atoms with Crippen LogP contribution in [0.1, 0.15) is 44.1 Å². The van der Waals surface area contributed by atoms with Crippen molar-refractivity contribution in [3.63, 3.8) is 0 Å². The van der Waals surface area contributed by atoms with Gasteiger partial charge in [-0.15, -0.1) is 0 Å². The molecule has 0 saturated carbocycles. The van der Waals surface area contributed by atoms with Crippen molar-refractivity contribution in [3.8, 4) is 0 Å². The molecular weight excluding hydrogens is 557 g/mol. The lowest BCUT2D eigenvalue weighted by Crippen LogP contribution is -2.54. The molecule has 0 spiro atoms. The minimum absolute atomic E-state index is 0.197. The van der Waals surface area contributed by atoms with Gasteiger partial charge in [0.2, 0.25) is 11.8 Å². The maximum atomic E-state index is 14.4. The smallest absolute Gasteiger partial charge is 0.272 e. The molecule has 0 radical (unpaired) electrons. The molecule has 6 nitrogen and oxygen atoms in total. The summed E-state index contributed by atoms with van der Waals surface area (Å²) in [6, 6.07) is 27.8. The molecule has 2 bridgehead atoms. The van der Waals surface area contributed by atoms with Crippen molar-refractivity contribution in [3.05, 3.63) is 134 Å². The standard InChI is InChI=1S/C33H23Cl2N3O3/c1-18-10-13-20(14-11-18)38-31(40)28-27-21-6-2-4-8-24(21)33(29(28)32(38)41,25-9-5-3-7-22(25)27)17-36-37-30(39)23-15-12-19(34)16-26(23)35/h2-17,27-29H,1H3,(H,37,39)/b36-17+/t27?,28-,29+,33?/m1/s1. The maximum Gasteiger partial charge on any atom is 0.272 e. The third-order valence-corrected chi connectivity index (χ3v) is 9.13. The molecule has 3 aliphatic carbocycles. The lowest BCUT2D eigenvalue weighted by atomic mass is 9.47. The first kappa shape index (κ1) is 25.7. The van der Waals surface area contributed by atoms with Crippen LogP contribution in [0.4, 0.5) is 5.69 Å². The van der Waals surface area contributed by atoms with E-state index >= 15 is 0 Å². The van der Waals surface area contributed by atoms with E-state index < -0.39 is 23.2 Å². The molecule has 1 fully saturated rings. The summed E-state index contributed by atoms with van der Waals surface area (Å²) in [4.78, 5) is 42.9. The summed E-state index contributed by atoms with van der Waals surface area (Å²) < 4.78 is 0. The Hall–Kier alpha value is -4.26. The number of rotatable bonds is 4. The SMILES string of the molecule is Cc1ccc(N2C(=O)[C@@H]3C4c5ccccc5C(/C=N/NC(=O)c5ccc(Cl)cc5Cl)(c5ccccc54)[C@@H]3C2=O)cc1. The Balaban J connectivity index is 1.39. The minimum atomic E-state index is -1.09. The van der Waals surface area contributed by atoms with E-state index in [0.717, 1.165) is 27.8 Å². The predicted molar refractivity (Wildman–Crippen MR) is 159 cm³/mol. The second-order valence-corrected chi connectivity index (χ2v) is 11.5. The second kappa shape index (κ2) is 9.40. The van der Waals surface area contributed by atoms with Crippen molar-refractivity contribution in [1.82, 2.24) is 5.43 Å². The number of hydrogen-bond donors (Lipinski definition) is 1. The molecule has 4 aromatic carbocycles. The normalized spacial score (nSPS) is 23.9. The van der Waals surface area contributed by atoms with E-state index in [1.807, 2.05) is 79.7 Å². The summed E-state index contributed by atoms with van der Waals surface area (Å²) in [5.74, 6) is -2.68. The first-order valence-electron chi connectivity index (χ1n) is 13.3. The van der Waals surface area contributed by atoms with Gasteiger partial charge in [-0.25, -0.2) is 10.3 Å². The largest absolute Gasteiger partial charge is 0.274 e. The zero-order valence-electron chi connectivity index (χ0n) is 21.8. The summed E-state index contributed by atoms with van der Waals surface area (Å²) in [6.07, 6.45) is 1.63. The molecule has 1 aliphatic heterocycles. The molecule has 202 valence electrons. The topological polar surface area (TPSA) is 78.8 Å².